The molecule has 42 heavy (non-hydrogen) atoms. The lowest BCUT2D eigenvalue weighted by atomic mass is 10.0. The standard InChI is InChI=1S/C29H31ClFN5O5S/c1-3-4-9-27-34-36(25-17-21(12-13-23(25)30)33-28(37)14-15-41-2)29(38)35(27)18-20-11-10-19(16-24(20)31)22-7-5-6-8-26(22)42(32,39)40/h5-8,10-13,16-17H,3-4,9,14-15,18H2,1-2H3,(H,33,37)(H2,32,39,40). The Hall–Kier alpha value is -3.84. The lowest BCUT2D eigenvalue weighted by molar-refractivity contribution is -0.117. The van der Waals surface area contributed by atoms with E-state index in [0.29, 0.717) is 23.5 Å². The van der Waals surface area contributed by atoms with Gasteiger partial charge in [-0.25, -0.2) is 22.7 Å². The van der Waals surface area contributed by atoms with Gasteiger partial charge < -0.3 is 10.1 Å². The average Bonchev–Trinajstić information content (AvgIpc) is 3.26. The van der Waals surface area contributed by atoms with E-state index in [-0.39, 0.29) is 52.2 Å². The summed E-state index contributed by atoms with van der Waals surface area (Å²) < 4.78 is 47.0. The maximum absolute atomic E-state index is 15.4. The van der Waals surface area contributed by atoms with Crippen molar-refractivity contribution < 1.29 is 22.3 Å². The molecular weight excluding hydrogens is 585 g/mol. The number of primary sulfonamides is 1. The number of nitrogens with two attached hydrogens (primary N) is 1. The zero-order chi connectivity index (χ0) is 30.4. The molecule has 0 aliphatic rings. The van der Waals surface area contributed by atoms with Crippen molar-refractivity contribution >= 4 is 33.2 Å². The van der Waals surface area contributed by atoms with Gasteiger partial charge in [0.1, 0.15) is 11.6 Å². The highest BCUT2D eigenvalue weighted by Gasteiger charge is 2.20. The minimum absolute atomic E-state index is 0.119. The molecule has 222 valence electrons. The van der Waals surface area contributed by atoms with Crippen molar-refractivity contribution in [3.05, 3.63) is 93.4 Å². The Morgan fingerprint density at radius 3 is 2.60 bits per heavy atom. The van der Waals surface area contributed by atoms with Gasteiger partial charge in [-0.3, -0.25) is 9.36 Å². The zero-order valence-electron chi connectivity index (χ0n) is 23.1. The molecule has 1 amide bonds. The minimum atomic E-state index is -4.03. The number of methoxy groups -OCH3 is 1. The second-order valence-corrected chi connectivity index (χ2v) is 11.5. The maximum Gasteiger partial charge on any atom is 0.351 e. The van der Waals surface area contributed by atoms with Gasteiger partial charge in [-0.1, -0.05) is 55.3 Å². The molecule has 0 atom stereocenters. The Kier molecular flexibility index (Phi) is 9.94. The van der Waals surface area contributed by atoms with E-state index in [1.165, 1.54) is 35.9 Å². The predicted molar refractivity (Wildman–Crippen MR) is 159 cm³/mol. The van der Waals surface area contributed by atoms with Crippen LogP contribution in [0.25, 0.3) is 16.8 Å². The number of rotatable bonds is 12. The summed E-state index contributed by atoms with van der Waals surface area (Å²) in [5.41, 5.74) is 0.950. The predicted octanol–water partition coefficient (Wildman–Crippen LogP) is 4.51. The fourth-order valence-electron chi connectivity index (χ4n) is 4.41. The molecule has 0 saturated carbocycles. The molecule has 0 aliphatic heterocycles. The molecule has 4 rings (SSSR count). The van der Waals surface area contributed by atoms with E-state index < -0.39 is 21.5 Å². The molecule has 13 heteroatoms. The van der Waals surface area contributed by atoms with E-state index in [4.69, 9.17) is 21.5 Å². The number of ether oxygens (including phenoxy) is 1. The van der Waals surface area contributed by atoms with E-state index in [0.717, 1.165) is 17.5 Å². The molecule has 3 aromatic carbocycles. The number of aromatic nitrogens is 3. The lowest BCUT2D eigenvalue weighted by Crippen LogP contribution is -2.25. The van der Waals surface area contributed by atoms with Gasteiger partial charge in [0.2, 0.25) is 15.9 Å². The molecule has 1 heterocycles. The summed E-state index contributed by atoms with van der Waals surface area (Å²) in [6, 6.07) is 15.1. The first-order chi connectivity index (χ1) is 20.0. The first kappa shape index (κ1) is 31.1. The highest BCUT2D eigenvalue weighted by molar-refractivity contribution is 7.89. The smallest absolute Gasteiger partial charge is 0.351 e. The fourth-order valence-corrected chi connectivity index (χ4v) is 5.37. The van der Waals surface area contributed by atoms with Gasteiger partial charge in [-0.05, 0) is 42.3 Å². The van der Waals surface area contributed by atoms with E-state index in [1.54, 1.807) is 36.4 Å². The Bertz CT molecular complexity index is 1770. The van der Waals surface area contributed by atoms with Crippen molar-refractivity contribution in [3.63, 3.8) is 0 Å². The highest BCUT2D eigenvalue weighted by atomic mass is 35.5. The summed E-state index contributed by atoms with van der Waals surface area (Å²) in [6.45, 7) is 2.14. The molecule has 0 saturated heterocycles. The molecule has 0 fully saturated rings. The van der Waals surface area contributed by atoms with E-state index >= 15 is 4.39 Å². The van der Waals surface area contributed by atoms with Crippen molar-refractivity contribution in [2.24, 2.45) is 5.14 Å². The number of amides is 1. The van der Waals surface area contributed by atoms with Gasteiger partial charge in [0.25, 0.3) is 0 Å². The van der Waals surface area contributed by atoms with E-state index in [2.05, 4.69) is 10.4 Å². The summed E-state index contributed by atoms with van der Waals surface area (Å²) >= 11 is 6.44. The number of sulfonamides is 1. The minimum Gasteiger partial charge on any atom is -0.384 e. The van der Waals surface area contributed by atoms with Gasteiger partial charge in [-0.2, -0.15) is 4.68 Å². The Balaban J connectivity index is 1.71. The number of aryl methyl sites for hydroxylation is 1. The molecular formula is C29H31ClFN5O5S. The van der Waals surface area contributed by atoms with Crippen LogP contribution in [0, 0.1) is 5.82 Å². The Morgan fingerprint density at radius 2 is 1.90 bits per heavy atom. The summed E-state index contributed by atoms with van der Waals surface area (Å²) in [7, 11) is -2.53. The van der Waals surface area contributed by atoms with Gasteiger partial charge >= 0.3 is 5.69 Å². The highest BCUT2D eigenvalue weighted by Crippen LogP contribution is 2.28. The number of hydrogen-bond donors (Lipinski definition) is 2. The molecule has 4 aromatic rings. The van der Waals surface area contributed by atoms with E-state index in [9.17, 15) is 18.0 Å². The number of carbonyl (C=O) groups is 1. The van der Waals surface area contributed by atoms with Crippen LogP contribution in [0.2, 0.25) is 5.02 Å². The molecule has 3 N–H and O–H groups in total. The van der Waals surface area contributed by atoms with Crippen LogP contribution in [0.5, 0.6) is 0 Å². The van der Waals surface area contributed by atoms with Crippen LogP contribution in [0.3, 0.4) is 0 Å². The Morgan fingerprint density at radius 1 is 1.14 bits per heavy atom. The largest absolute Gasteiger partial charge is 0.384 e. The van der Waals surface area contributed by atoms with Crippen molar-refractivity contribution in [2.75, 3.05) is 19.0 Å². The normalized spacial score (nSPS) is 11.5. The van der Waals surface area contributed by atoms with Crippen molar-refractivity contribution in [3.8, 4) is 16.8 Å². The quantitative estimate of drug-likeness (QED) is 0.241. The number of benzene rings is 3. The second-order valence-electron chi connectivity index (χ2n) is 9.60. The third-order valence-corrected chi connectivity index (χ3v) is 7.86. The van der Waals surface area contributed by atoms with Crippen molar-refractivity contribution in [1.29, 1.82) is 0 Å². The summed E-state index contributed by atoms with van der Waals surface area (Å²) in [6.07, 6.45) is 2.20. The van der Waals surface area contributed by atoms with Crippen molar-refractivity contribution in [1.82, 2.24) is 14.3 Å². The molecule has 0 bridgehead atoms. The third kappa shape index (κ3) is 7.13. The van der Waals surface area contributed by atoms with Crippen LogP contribution >= 0.6 is 11.6 Å². The van der Waals surface area contributed by atoms with E-state index in [1.807, 2.05) is 6.92 Å². The van der Waals surface area contributed by atoms with Crippen LogP contribution in [0.4, 0.5) is 10.1 Å². The monoisotopic (exact) mass is 615 g/mol. The zero-order valence-corrected chi connectivity index (χ0v) is 24.7. The van der Waals surface area contributed by atoms with Crippen LogP contribution in [-0.4, -0.2) is 42.4 Å². The van der Waals surface area contributed by atoms with Crippen LogP contribution < -0.4 is 16.1 Å². The number of hydrogen-bond acceptors (Lipinski definition) is 6. The van der Waals surface area contributed by atoms with Gasteiger partial charge in [-0.15, -0.1) is 5.10 Å². The Labute approximate surface area is 247 Å². The fraction of sp³-hybridized carbons (Fsp3) is 0.276. The van der Waals surface area contributed by atoms with Crippen LogP contribution in [0.1, 0.15) is 37.6 Å². The topological polar surface area (TPSA) is 138 Å². The maximum atomic E-state index is 15.4. The van der Waals surface area contributed by atoms with Gasteiger partial charge in [0, 0.05) is 30.3 Å². The third-order valence-electron chi connectivity index (χ3n) is 6.57. The molecule has 10 nitrogen and oxygen atoms in total. The molecule has 1 aromatic heterocycles. The SMILES string of the molecule is CCCCc1nn(-c2cc(NC(=O)CCOC)ccc2Cl)c(=O)n1Cc1ccc(-c2ccccc2S(N)(=O)=O)cc1F. The molecule has 0 radical (unpaired) electrons. The second kappa shape index (κ2) is 13.4. The first-order valence-electron chi connectivity index (χ1n) is 13.2. The van der Waals surface area contributed by atoms with Crippen LogP contribution in [0.15, 0.2) is 70.4 Å². The number of unbranched alkanes of at least 4 members (excludes halogenated alkanes) is 1. The number of nitrogens with zero attached hydrogens (tertiary/aromatic N) is 3. The first-order valence-corrected chi connectivity index (χ1v) is 15.1. The molecule has 0 aliphatic carbocycles. The summed E-state index contributed by atoms with van der Waals surface area (Å²) in [5, 5.41) is 12.9. The van der Waals surface area contributed by atoms with Gasteiger partial charge in [0.15, 0.2) is 0 Å². The molecule has 0 unspecified atom stereocenters. The average molecular weight is 616 g/mol. The van der Waals surface area contributed by atoms with Crippen LogP contribution in [-0.2, 0) is 32.5 Å². The number of halogens is 2. The number of nitrogens with one attached hydrogen (secondary N) is 1. The number of anilines is 1. The van der Waals surface area contributed by atoms with Gasteiger partial charge in [0.05, 0.1) is 35.2 Å². The number of carbonyl (C=O) groups excluding carboxylic acids is 1. The lowest BCUT2D eigenvalue weighted by Gasteiger charge is -2.11. The summed E-state index contributed by atoms with van der Waals surface area (Å²) in [4.78, 5) is 25.7. The molecule has 0 spiro atoms. The summed E-state index contributed by atoms with van der Waals surface area (Å²) in [5.74, 6) is -0.454. The van der Waals surface area contributed by atoms with Crippen molar-refractivity contribution in [2.45, 2.75) is 44.0 Å².